The Morgan fingerprint density at radius 2 is 2.32 bits per heavy atom. The number of carbonyl (C=O) groups is 1. The summed E-state index contributed by atoms with van der Waals surface area (Å²) in [6.07, 6.45) is 6.27. The van der Waals surface area contributed by atoms with Gasteiger partial charge in [-0.1, -0.05) is 32.3 Å². The molecule has 3 unspecified atom stereocenters. The summed E-state index contributed by atoms with van der Waals surface area (Å²) in [5.41, 5.74) is 6.09. The number of hydrogen-bond acceptors (Lipinski definition) is 3. The van der Waals surface area contributed by atoms with E-state index >= 15 is 0 Å². The zero-order chi connectivity index (χ0) is 13.7. The Hall–Kier alpha value is -0.870. The molecular formula is C15H24N2OS. The Kier molecular flexibility index (Phi) is 5.40. The van der Waals surface area contributed by atoms with Crippen LogP contribution in [-0.4, -0.2) is 11.9 Å². The summed E-state index contributed by atoms with van der Waals surface area (Å²) in [6.45, 7) is 2.15. The van der Waals surface area contributed by atoms with Crippen LogP contribution in [-0.2, 0) is 4.79 Å². The standard InChI is InChI=1S/C15H24N2OS/c1-2-6-13(14-9-5-10-19-14)17-15(18)11-7-3-4-8-12(11)16/h5,9-13H,2-4,6-8,16H2,1H3,(H,17,18). The Bertz CT molecular complexity index is 391. The van der Waals surface area contributed by atoms with E-state index in [-0.39, 0.29) is 23.9 Å². The topological polar surface area (TPSA) is 55.1 Å². The highest BCUT2D eigenvalue weighted by Gasteiger charge is 2.29. The maximum absolute atomic E-state index is 12.4. The predicted molar refractivity (Wildman–Crippen MR) is 80.0 cm³/mol. The first-order valence-electron chi connectivity index (χ1n) is 7.31. The molecule has 3 N–H and O–H groups in total. The van der Waals surface area contributed by atoms with Crippen LogP contribution >= 0.6 is 11.3 Å². The normalized spacial score (nSPS) is 24.9. The first-order valence-corrected chi connectivity index (χ1v) is 8.19. The van der Waals surface area contributed by atoms with Gasteiger partial charge in [-0.25, -0.2) is 0 Å². The summed E-state index contributed by atoms with van der Waals surface area (Å²) in [6, 6.07) is 4.35. The largest absolute Gasteiger partial charge is 0.348 e. The highest BCUT2D eigenvalue weighted by atomic mass is 32.1. The smallest absolute Gasteiger partial charge is 0.225 e. The molecule has 3 atom stereocenters. The van der Waals surface area contributed by atoms with Crippen LogP contribution in [0.1, 0.15) is 56.4 Å². The van der Waals surface area contributed by atoms with Gasteiger partial charge in [0.1, 0.15) is 0 Å². The van der Waals surface area contributed by atoms with Crippen molar-refractivity contribution in [2.24, 2.45) is 11.7 Å². The number of rotatable bonds is 5. The minimum atomic E-state index is 0.00747. The van der Waals surface area contributed by atoms with E-state index in [2.05, 4.69) is 23.7 Å². The molecule has 1 aromatic heterocycles. The van der Waals surface area contributed by atoms with Crippen LogP contribution in [0, 0.1) is 5.92 Å². The highest BCUT2D eigenvalue weighted by molar-refractivity contribution is 7.10. The minimum absolute atomic E-state index is 0.00747. The van der Waals surface area contributed by atoms with E-state index < -0.39 is 0 Å². The van der Waals surface area contributed by atoms with E-state index in [1.807, 2.05) is 6.07 Å². The fourth-order valence-corrected chi connectivity index (χ4v) is 3.64. The summed E-state index contributed by atoms with van der Waals surface area (Å²) in [7, 11) is 0. The van der Waals surface area contributed by atoms with Gasteiger partial charge in [0.2, 0.25) is 5.91 Å². The SMILES string of the molecule is CCCC(NC(=O)C1CCCCC1N)c1cccs1. The van der Waals surface area contributed by atoms with Gasteiger partial charge < -0.3 is 11.1 Å². The molecule has 4 heteroatoms. The van der Waals surface area contributed by atoms with E-state index in [0.717, 1.165) is 38.5 Å². The molecule has 0 radical (unpaired) electrons. The molecule has 1 heterocycles. The van der Waals surface area contributed by atoms with Crippen molar-refractivity contribution in [3.8, 4) is 0 Å². The molecule has 106 valence electrons. The molecule has 0 aliphatic heterocycles. The van der Waals surface area contributed by atoms with Gasteiger partial charge in [-0.2, -0.15) is 0 Å². The van der Waals surface area contributed by atoms with Gasteiger partial charge in [0.25, 0.3) is 0 Å². The van der Waals surface area contributed by atoms with Crippen molar-refractivity contribution in [1.82, 2.24) is 5.32 Å². The summed E-state index contributed by atoms with van der Waals surface area (Å²) in [5.74, 6) is 0.159. The fraction of sp³-hybridized carbons (Fsp3) is 0.667. The third-order valence-corrected chi connectivity index (χ3v) is 4.92. The molecule has 1 aliphatic carbocycles. The Morgan fingerprint density at radius 1 is 1.53 bits per heavy atom. The third-order valence-electron chi connectivity index (χ3n) is 3.94. The summed E-state index contributed by atoms with van der Waals surface area (Å²) < 4.78 is 0. The molecule has 1 aromatic rings. The molecule has 19 heavy (non-hydrogen) atoms. The number of thiophene rings is 1. The first-order chi connectivity index (χ1) is 9.22. The van der Waals surface area contributed by atoms with Crippen molar-refractivity contribution >= 4 is 17.2 Å². The van der Waals surface area contributed by atoms with Gasteiger partial charge >= 0.3 is 0 Å². The van der Waals surface area contributed by atoms with Gasteiger partial charge in [-0.3, -0.25) is 4.79 Å². The van der Waals surface area contributed by atoms with E-state index in [1.165, 1.54) is 4.88 Å². The second-order valence-corrected chi connectivity index (χ2v) is 6.40. The van der Waals surface area contributed by atoms with Gasteiger partial charge in [0.15, 0.2) is 0 Å². The second kappa shape index (κ2) is 7.06. The van der Waals surface area contributed by atoms with Crippen molar-refractivity contribution < 1.29 is 4.79 Å². The van der Waals surface area contributed by atoms with Crippen LogP contribution in [0.5, 0.6) is 0 Å². The van der Waals surface area contributed by atoms with Gasteiger partial charge in [0, 0.05) is 10.9 Å². The second-order valence-electron chi connectivity index (χ2n) is 5.42. The number of nitrogens with two attached hydrogens (primary N) is 1. The summed E-state index contributed by atoms with van der Waals surface area (Å²) in [5, 5.41) is 5.28. The average Bonchev–Trinajstić information content (AvgIpc) is 2.92. The molecule has 3 nitrogen and oxygen atoms in total. The quantitative estimate of drug-likeness (QED) is 0.870. The molecular weight excluding hydrogens is 256 g/mol. The number of nitrogens with one attached hydrogen (secondary N) is 1. The predicted octanol–water partition coefficient (Wildman–Crippen LogP) is 3.22. The highest BCUT2D eigenvalue weighted by Crippen LogP contribution is 2.27. The molecule has 0 spiro atoms. The first kappa shape index (κ1) is 14.5. The zero-order valence-electron chi connectivity index (χ0n) is 11.6. The van der Waals surface area contributed by atoms with Gasteiger partial charge in [0.05, 0.1) is 12.0 Å². The maximum atomic E-state index is 12.4. The van der Waals surface area contributed by atoms with Gasteiger partial charge in [-0.05, 0) is 30.7 Å². The molecule has 1 aliphatic rings. The molecule has 1 amide bonds. The lowest BCUT2D eigenvalue weighted by molar-refractivity contribution is -0.127. The molecule has 0 bridgehead atoms. The van der Waals surface area contributed by atoms with E-state index in [1.54, 1.807) is 11.3 Å². The average molecular weight is 280 g/mol. The van der Waals surface area contributed by atoms with Crippen molar-refractivity contribution in [3.05, 3.63) is 22.4 Å². The Morgan fingerprint density at radius 3 is 2.95 bits per heavy atom. The maximum Gasteiger partial charge on any atom is 0.225 e. The fourth-order valence-electron chi connectivity index (χ4n) is 2.83. The summed E-state index contributed by atoms with van der Waals surface area (Å²) >= 11 is 1.71. The van der Waals surface area contributed by atoms with Crippen molar-refractivity contribution in [2.45, 2.75) is 57.5 Å². The lowest BCUT2D eigenvalue weighted by Crippen LogP contribution is -2.44. The van der Waals surface area contributed by atoms with E-state index in [9.17, 15) is 4.79 Å². The van der Waals surface area contributed by atoms with Gasteiger partial charge in [-0.15, -0.1) is 11.3 Å². The van der Waals surface area contributed by atoms with Crippen LogP contribution < -0.4 is 11.1 Å². The number of amides is 1. The van der Waals surface area contributed by atoms with E-state index in [0.29, 0.717) is 0 Å². The molecule has 2 rings (SSSR count). The Labute approximate surface area is 119 Å². The minimum Gasteiger partial charge on any atom is -0.348 e. The zero-order valence-corrected chi connectivity index (χ0v) is 12.4. The Balaban J connectivity index is 1.98. The monoisotopic (exact) mass is 280 g/mol. The van der Waals surface area contributed by atoms with E-state index in [4.69, 9.17) is 5.73 Å². The molecule has 1 fully saturated rings. The number of hydrogen-bond donors (Lipinski definition) is 2. The van der Waals surface area contributed by atoms with Crippen LogP contribution in [0.15, 0.2) is 17.5 Å². The van der Waals surface area contributed by atoms with Crippen molar-refractivity contribution in [3.63, 3.8) is 0 Å². The lowest BCUT2D eigenvalue weighted by Gasteiger charge is -2.29. The van der Waals surface area contributed by atoms with Crippen molar-refractivity contribution in [1.29, 1.82) is 0 Å². The molecule has 0 saturated heterocycles. The van der Waals surface area contributed by atoms with Crippen LogP contribution in [0.3, 0.4) is 0 Å². The van der Waals surface area contributed by atoms with Crippen molar-refractivity contribution in [2.75, 3.05) is 0 Å². The van der Waals surface area contributed by atoms with Crippen LogP contribution in [0.2, 0.25) is 0 Å². The molecule has 1 saturated carbocycles. The lowest BCUT2D eigenvalue weighted by atomic mass is 9.84. The van der Waals surface area contributed by atoms with Crippen LogP contribution in [0.25, 0.3) is 0 Å². The van der Waals surface area contributed by atoms with Crippen LogP contribution in [0.4, 0.5) is 0 Å². The molecule has 0 aromatic carbocycles. The number of carbonyl (C=O) groups excluding carboxylic acids is 1. The third kappa shape index (κ3) is 3.80. The summed E-state index contributed by atoms with van der Waals surface area (Å²) in [4.78, 5) is 13.7.